The van der Waals surface area contributed by atoms with E-state index in [1.165, 1.54) is 48.3 Å². The molecule has 1 atom stereocenters. The van der Waals surface area contributed by atoms with Crippen LogP contribution in [0.1, 0.15) is 48.3 Å². The predicted molar refractivity (Wildman–Crippen MR) is 154 cm³/mol. The van der Waals surface area contributed by atoms with E-state index in [0.29, 0.717) is 0 Å². The van der Waals surface area contributed by atoms with Crippen molar-refractivity contribution in [3.63, 3.8) is 0 Å². The molecule has 7 heteroatoms. The summed E-state index contributed by atoms with van der Waals surface area (Å²) in [6.07, 6.45) is 9.16. The molecule has 6 rings (SSSR count). The highest BCUT2D eigenvalue weighted by Gasteiger charge is 2.17. The third kappa shape index (κ3) is 6.34. The van der Waals surface area contributed by atoms with Crippen molar-refractivity contribution < 1.29 is 4.74 Å². The van der Waals surface area contributed by atoms with Gasteiger partial charge in [0, 0.05) is 56.9 Å². The van der Waals surface area contributed by atoms with Gasteiger partial charge < -0.3 is 19.9 Å². The molecule has 0 saturated carbocycles. The number of likely N-dealkylation sites (N-methyl/N-ethyl adjacent to an activating group) is 1. The molecular formula is C31H40N6O. The number of aryl methyl sites for hydroxylation is 2. The number of benzene rings is 1. The smallest absolute Gasteiger partial charge is 0.138 e. The van der Waals surface area contributed by atoms with Gasteiger partial charge in [0.1, 0.15) is 17.2 Å². The Morgan fingerprint density at radius 3 is 2.50 bits per heavy atom. The summed E-state index contributed by atoms with van der Waals surface area (Å²) < 4.78 is 7.46. The number of pyridine rings is 2. The van der Waals surface area contributed by atoms with Crippen molar-refractivity contribution in [2.45, 2.75) is 45.2 Å². The molecule has 3 aromatic heterocycles. The minimum atomic E-state index is 0.243. The van der Waals surface area contributed by atoms with Gasteiger partial charge in [-0.1, -0.05) is 24.3 Å². The Kier molecular flexibility index (Phi) is 8.56. The average molecular weight is 513 g/mol. The van der Waals surface area contributed by atoms with Crippen LogP contribution in [-0.4, -0.2) is 59.6 Å². The molecule has 1 aliphatic carbocycles. The monoisotopic (exact) mass is 512 g/mol. The van der Waals surface area contributed by atoms with Crippen molar-refractivity contribution in [2.75, 3.05) is 45.2 Å². The summed E-state index contributed by atoms with van der Waals surface area (Å²) in [6, 6.07) is 19.1. The molecule has 1 saturated heterocycles. The molecule has 4 heterocycles. The van der Waals surface area contributed by atoms with Gasteiger partial charge in [0.15, 0.2) is 0 Å². The van der Waals surface area contributed by atoms with Crippen molar-refractivity contribution >= 4 is 11.5 Å². The van der Waals surface area contributed by atoms with Crippen molar-refractivity contribution in [1.82, 2.24) is 24.6 Å². The van der Waals surface area contributed by atoms with E-state index in [1.54, 1.807) is 7.11 Å². The molecule has 1 aromatic carbocycles. The van der Waals surface area contributed by atoms with Crippen molar-refractivity contribution in [1.29, 1.82) is 0 Å². The lowest BCUT2D eigenvalue weighted by Gasteiger charge is -2.34. The van der Waals surface area contributed by atoms with Crippen LogP contribution < -0.4 is 15.0 Å². The van der Waals surface area contributed by atoms with E-state index in [2.05, 4.69) is 81.1 Å². The average Bonchev–Trinajstić information content (AvgIpc) is 3.40. The first-order chi connectivity index (χ1) is 18.6. The second kappa shape index (κ2) is 12.4. The summed E-state index contributed by atoms with van der Waals surface area (Å²) >= 11 is 0. The summed E-state index contributed by atoms with van der Waals surface area (Å²) in [5.41, 5.74) is 6.09. The van der Waals surface area contributed by atoms with E-state index < -0.39 is 0 Å². The molecule has 1 aliphatic heterocycles. The molecule has 38 heavy (non-hydrogen) atoms. The molecule has 1 fully saturated rings. The van der Waals surface area contributed by atoms with E-state index in [1.807, 2.05) is 24.4 Å². The number of methoxy groups -OCH3 is 1. The second-order valence-corrected chi connectivity index (χ2v) is 10.3. The summed E-state index contributed by atoms with van der Waals surface area (Å²) in [4.78, 5) is 14.0. The first-order valence-electron chi connectivity index (χ1n) is 13.8. The Morgan fingerprint density at radius 2 is 1.74 bits per heavy atom. The number of hydrogen-bond donors (Lipinski definition) is 1. The summed E-state index contributed by atoms with van der Waals surface area (Å²) in [7, 11) is 3.87. The fourth-order valence-corrected chi connectivity index (χ4v) is 5.23. The maximum Gasteiger partial charge on any atom is 0.138 e. The second-order valence-electron chi connectivity index (χ2n) is 10.3. The SMILES string of the molecule is COc1ccc([C@H](C)NCc2cn3c(N4CCN(C)CC4)cccc3n2)cc1.c1cnc2c(c1)CCCC2. The van der Waals surface area contributed by atoms with Gasteiger partial charge in [-0.15, -0.1) is 0 Å². The highest BCUT2D eigenvalue weighted by atomic mass is 16.5. The molecule has 4 aromatic rings. The fraction of sp³-hybridized carbons (Fsp3) is 0.419. The van der Waals surface area contributed by atoms with E-state index >= 15 is 0 Å². The molecule has 0 radical (unpaired) electrons. The molecule has 0 spiro atoms. The van der Waals surface area contributed by atoms with Crippen LogP contribution in [0.25, 0.3) is 5.65 Å². The van der Waals surface area contributed by atoms with Gasteiger partial charge in [-0.05, 0) is 81.1 Å². The fourth-order valence-electron chi connectivity index (χ4n) is 5.23. The number of rotatable bonds is 6. The van der Waals surface area contributed by atoms with Gasteiger partial charge in [0.05, 0.1) is 12.8 Å². The van der Waals surface area contributed by atoms with Gasteiger partial charge in [-0.3, -0.25) is 9.38 Å². The number of hydrogen-bond acceptors (Lipinski definition) is 6. The van der Waals surface area contributed by atoms with Crippen LogP contribution in [0, 0.1) is 0 Å². The van der Waals surface area contributed by atoms with Crippen LogP contribution in [-0.2, 0) is 19.4 Å². The Bertz CT molecular complexity index is 1280. The maximum atomic E-state index is 5.24. The summed E-state index contributed by atoms with van der Waals surface area (Å²) in [5.74, 6) is 2.11. The van der Waals surface area contributed by atoms with Crippen LogP contribution in [0.4, 0.5) is 5.82 Å². The number of nitrogens with zero attached hydrogens (tertiary/aromatic N) is 5. The Morgan fingerprint density at radius 1 is 0.947 bits per heavy atom. The number of aromatic nitrogens is 3. The Balaban J connectivity index is 0.000000244. The van der Waals surface area contributed by atoms with Gasteiger partial charge in [0.2, 0.25) is 0 Å². The maximum absolute atomic E-state index is 5.24. The molecule has 0 bridgehead atoms. The standard InChI is InChI=1S/C22H29N5O.C9H11N/c1-17(18-7-9-20(28-3)10-8-18)23-15-19-16-27-21(24-19)5-4-6-22(27)26-13-11-25(2)12-14-26;1-2-6-9-8(4-1)5-3-7-10-9/h4-10,16-17,23H,11-15H2,1-3H3;3,5,7H,1-2,4,6H2/t17-;/m0./s1. The third-order valence-corrected chi connectivity index (χ3v) is 7.65. The number of imidazole rings is 1. The van der Waals surface area contributed by atoms with Gasteiger partial charge in [-0.2, -0.15) is 0 Å². The van der Waals surface area contributed by atoms with Gasteiger partial charge >= 0.3 is 0 Å². The highest BCUT2D eigenvalue weighted by molar-refractivity contribution is 5.53. The molecule has 1 N–H and O–H groups in total. The number of fused-ring (bicyclic) bond motifs is 2. The largest absolute Gasteiger partial charge is 0.497 e. The minimum absolute atomic E-state index is 0.243. The number of nitrogens with one attached hydrogen (secondary N) is 1. The Hall–Kier alpha value is -3.42. The van der Waals surface area contributed by atoms with Gasteiger partial charge in [-0.25, -0.2) is 4.98 Å². The van der Waals surface area contributed by atoms with Gasteiger partial charge in [0.25, 0.3) is 0 Å². The molecule has 2 aliphatic rings. The lowest BCUT2D eigenvalue weighted by atomic mass is 9.96. The van der Waals surface area contributed by atoms with E-state index in [4.69, 9.17) is 9.72 Å². The quantitative estimate of drug-likeness (QED) is 0.396. The molecule has 200 valence electrons. The van der Waals surface area contributed by atoms with E-state index in [0.717, 1.165) is 49.8 Å². The molecular weight excluding hydrogens is 472 g/mol. The lowest BCUT2D eigenvalue weighted by Crippen LogP contribution is -2.45. The van der Waals surface area contributed by atoms with E-state index in [9.17, 15) is 0 Å². The third-order valence-electron chi connectivity index (χ3n) is 7.65. The zero-order chi connectivity index (χ0) is 26.3. The predicted octanol–water partition coefficient (Wildman–Crippen LogP) is 4.91. The van der Waals surface area contributed by atoms with Crippen LogP contribution in [0.15, 0.2) is 67.0 Å². The van der Waals surface area contributed by atoms with Crippen LogP contribution in [0.2, 0.25) is 0 Å². The first kappa shape index (κ1) is 26.2. The normalized spacial score (nSPS) is 16.4. The topological polar surface area (TPSA) is 57.9 Å². The van der Waals surface area contributed by atoms with Crippen molar-refractivity contribution in [2.24, 2.45) is 0 Å². The molecule has 0 amide bonds. The van der Waals surface area contributed by atoms with E-state index in [-0.39, 0.29) is 6.04 Å². The van der Waals surface area contributed by atoms with Crippen LogP contribution in [0.3, 0.4) is 0 Å². The van der Waals surface area contributed by atoms with Crippen LogP contribution in [0.5, 0.6) is 5.75 Å². The number of anilines is 1. The number of piperazine rings is 1. The molecule has 0 unspecified atom stereocenters. The summed E-state index contributed by atoms with van der Waals surface area (Å²) in [5, 5.41) is 3.58. The first-order valence-corrected chi connectivity index (χ1v) is 13.8. The van der Waals surface area contributed by atoms with Crippen molar-refractivity contribution in [3.8, 4) is 5.75 Å². The Labute approximate surface area is 226 Å². The minimum Gasteiger partial charge on any atom is -0.497 e. The zero-order valence-electron chi connectivity index (χ0n) is 22.9. The van der Waals surface area contributed by atoms with Crippen LogP contribution >= 0.6 is 0 Å². The highest BCUT2D eigenvalue weighted by Crippen LogP contribution is 2.21. The lowest BCUT2D eigenvalue weighted by molar-refractivity contribution is 0.312. The van der Waals surface area contributed by atoms with Crippen molar-refractivity contribution in [3.05, 3.63) is 89.5 Å². The number of ether oxygens (including phenoxy) is 1. The molecule has 7 nitrogen and oxygen atoms in total. The summed E-state index contributed by atoms with van der Waals surface area (Å²) in [6.45, 7) is 7.20. The zero-order valence-corrected chi connectivity index (χ0v) is 22.9.